The number of benzene rings is 1. The number of nitriles is 1. The Balaban J connectivity index is 3.13. The molecule has 0 radical (unpaired) electrons. The smallest absolute Gasteiger partial charge is 0.138 e. The number of allylic oxidation sites excluding steroid dienone is 1. The van der Waals surface area contributed by atoms with Crippen molar-refractivity contribution in [3.8, 4) is 6.07 Å². The third kappa shape index (κ3) is 2.30. The van der Waals surface area contributed by atoms with Crippen LogP contribution in [0.3, 0.4) is 0 Å². The minimum absolute atomic E-state index is 0.258. The van der Waals surface area contributed by atoms with Gasteiger partial charge in [-0.1, -0.05) is 6.07 Å². The fourth-order valence-electron chi connectivity index (χ4n) is 0.829. The maximum atomic E-state index is 13.0. The van der Waals surface area contributed by atoms with E-state index in [0.717, 1.165) is 0 Å². The van der Waals surface area contributed by atoms with Crippen LogP contribution < -0.4 is 5.73 Å². The molecule has 0 bridgehead atoms. The Labute approximate surface area is 83.6 Å². The average Bonchev–Trinajstić information content (AvgIpc) is 2.10. The summed E-state index contributed by atoms with van der Waals surface area (Å²) in [5.74, 6) is -0.396. The van der Waals surface area contributed by atoms with E-state index in [1.807, 2.05) is 0 Å². The second-order valence-electron chi connectivity index (χ2n) is 2.36. The molecule has 1 aromatic rings. The van der Waals surface area contributed by atoms with Gasteiger partial charge in [-0.15, -0.1) is 0 Å². The molecular weight excluding hydrogens is 235 g/mol. The molecule has 4 heteroatoms. The van der Waals surface area contributed by atoms with Crippen LogP contribution in [0.15, 0.2) is 28.7 Å². The van der Waals surface area contributed by atoms with Crippen molar-refractivity contribution in [3.05, 3.63) is 40.1 Å². The SMILES string of the molecule is N#C/C=C(/N)c1ccc(Br)c(F)c1. The van der Waals surface area contributed by atoms with Crippen LogP contribution in [0.2, 0.25) is 0 Å². The van der Waals surface area contributed by atoms with Crippen molar-refractivity contribution in [1.29, 1.82) is 5.26 Å². The predicted molar refractivity (Wildman–Crippen MR) is 51.9 cm³/mol. The Hall–Kier alpha value is -1.34. The summed E-state index contributed by atoms with van der Waals surface area (Å²) in [4.78, 5) is 0. The molecule has 0 saturated heterocycles. The van der Waals surface area contributed by atoms with Crippen LogP contribution in [0, 0.1) is 17.1 Å². The van der Waals surface area contributed by atoms with Crippen LogP contribution in [0.1, 0.15) is 5.56 Å². The Kier molecular flexibility index (Phi) is 3.04. The van der Waals surface area contributed by atoms with Gasteiger partial charge in [-0.2, -0.15) is 5.26 Å². The van der Waals surface area contributed by atoms with E-state index in [1.165, 1.54) is 12.1 Å². The lowest BCUT2D eigenvalue weighted by Crippen LogP contribution is -1.96. The Bertz CT molecular complexity index is 393. The van der Waals surface area contributed by atoms with Gasteiger partial charge in [0.15, 0.2) is 0 Å². The van der Waals surface area contributed by atoms with Crippen molar-refractivity contribution >= 4 is 21.6 Å². The summed E-state index contributed by atoms with van der Waals surface area (Å²) >= 11 is 3.02. The van der Waals surface area contributed by atoms with Gasteiger partial charge < -0.3 is 5.73 Å². The molecule has 13 heavy (non-hydrogen) atoms. The highest BCUT2D eigenvalue weighted by Gasteiger charge is 2.01. The highest BCUT2D eigenvalue weighted by Crippen LogP contribution is 2.18. The molecule has 2 nitrogen and oxygen atoms in total. The summed E-state index contributed by atoms with van der Waals surface area (Å²) in [5, 5.41) is 8.31. The molecule has 66 valence electrons. The van der Waals surface area contributed by atoms with Gasteiger partial charge in [-0.3, -0.25) is 0 Å². The molecule has 0 heterocycles. The van der Waals surface area contributed by atoms with Crippen molar-refractivity contribution in [2.45, 2.75) is 0 Å². The summed E-state index contributed by atoms with van der Waals surface area (Å²) in [6.45, 7) is 0. The predicted octanol–water partition coefficient (Wildman–Crippen LogP) is 2.41. The molecule has 1 aromatic carbocycles. The molecule has 2 N–H and O–H groups in total. The molecule has 0 aliphatic rings. The molecule has 0 spiro atoms. The van der Waals surface area contributed by atoms with E-state index < -0.39 is 5.82 Å². The molecule has 0 saturated carbocycles. The maximum absolute atomic E-state index is 13.0. The number of rotatable bonds is 1. The Morgan fingerprint density at radius 3 is 2.85 bits per heavy atom. The van der Waals surface area contributed by atoms with Gasteiger partial charge in [0.05, 0.1) is 10.5 Å². The first-order valence-corrected chi connectivity index (χ1v) is 4.25. The zero-order valence-electron chi connectivity index (χ0n) is 6.59. The molecule has 0 atom stereocenters. The van der Waals surface area contributed by atoms with E-state index in [0.29, 0.717) is 10.0 Å². The topological polar surface area (TPSA) is 49.8 Å². The van der Waals surface area contributed by atoms with Crippen LogP contribution in [0.5, 0.6) is 0 Å². The van der Waals surface area contributed by atoms with Crippen molar-refractivity contribution in [2.24, 2.45) is 5.73 Å². The van der Waals surface area contributed by atoms with Gasteiger partial charge in [0.25, 0.3) is 0 Å². The molecule has 0 unspecified atom stereocenters. The highest BCUT2D eigenvalue weighted by atomic mass is 79.9. The van der Waals surface area contributed by atoms with Crippen LogP contribution in [-0.4, -0.2) is 0 Å². The molecule has 0 aromatic heterocycles. The third-order valence-electron chi connectivity index (χ3n) is 1.47. The van der Waals surface area contributed by atoms with Gasteiger partial charge >= 0.3 is 0 Å². The van der Waals surface area contributed by atoms with E-state index in [-0.39, 0.29) is 5.70 Å². The molecular formula is C9H6BrFN2. The minimum atomic E-state index is -0.396. The second-order valence-corrected chi connectivity index (χ2v) is 3.21. The van der Waals surface area contributed by atoms with E-state index in [2.05, 4.69) is 15.9 Å². The van der Waals surface area contributed by atoms with Crippen LogP contribution in [-0.2, 0) is 0 Å². The van der Waals surface area contributed by atoms with Gasteiger partial charge in [-0.05, 0) is 28.1 Å². The quantitative estimate of drug-likeness (QED) is 0.767. The van der Waals surface area contributed by atoms with Gasteiger partial charge in [0.1, 0.15) is 5.82 Å². The molecule has 1 rings (SSSR count). The Morgan fingerprint density at radius 2 is 2.31 bits per heavy atom. The average molecular weight is 241 g/mol. The Morgan fingerprint density at radius 1 is 1.62 bits per heavy atom. The fraction of sp³-hybridized carbons (Fsp3) is 0. The zero-order chi connectivity index (χ0) is 9.84. The summed E-state index contributed by atoms with van der Waals surface area (Å²) in [5.41, 5.74) is 6.24. The van der Waals surface area contributed by atoms with E-state index in [4.69, 9.17) is 11.0 Å². The first-order valence-electron chi connectivity index (χ1n) is 3.46. The maximum Gasteiger partial charge on any atom is 0.138 e. The number of hydrogen-bond acceptors (Lipinski definition) is 2. The lowest BCUT2D eigenvalue weighted by molar-refractivity contribution is 0.620. The lowest BCUT2D eigenvalue weighted by Gasteiger charge is -2.00. The molecule has 0 fully saturated rings. The molecule has 0 amide bonds. The number of halogens is 2. The van der Waals surface area contributed by atoms with Gasteiger partial charge in [0.2, 0.25) is 0 Å². The van der Waals surface area contributed by atoms with Crippen LogP contribution >= 0.6 is 15.9 Å². The first-order chi connectivity index (χ1) is 6.15. The standard InChI is InChI=1S/C9H6BrFN2/c10-7-2-1-6(5-8(7)11)9(13)3-4-12/h1-3,5H,13H2/b9-3+. The first kappa shape index (κ1) is 9.75. The van der Waals surface area contributed by atoms with Crippen LogP contribution in [0.25, 0.3) is 5.70 Å². The summed E-state index contributed by atoms with van der Waals surface area (Å²) in [7, 11) is 0. The molecule has 0 aliphatic carbocycles. The molecule has 0 aliphatic heterocycles. The van der Waals surface area contributed by atoms with Crippen molar-refractivity contribution < 1.29 is 4.39 Å². The van der Waals surface area contributed by atoms with E-state index in [1.54, 1.807) is 18.2 Å². The van der Waals surface area contributed by atoms with Gasteiger partial charge in [-0.25, -0.2) is 4.39 Å². The highest BCUT2D eigenvalue weighted by molar-refractivity contribution is 9.10. The summed E-state index contributed by atoms with van der Waals surface area (Å²) < 4.78 is 13.3. The van der Waals surface area contributed by atoms with Crippen molar-refractivity contribution in [2.75, 3.05) is 0 Å². The van der Waals surface area contributed by atoms with Crippen molar-refractivity contribution in [1.82, 2.24) is 0 Å². The normalized spacial score (nSPS) is 11.0. The number of nitrogens with zero attached hydrogens (tertiary/aromatic N) is 1. The monoisotopic (exact) mass is 240 g/mol. The largest absolute Gasteiger partial charge is 0.398 e. The van der Waals surface area contributed by atoms with Crippen LogP contribution in [0.4, 0.5) is 4.39 Å². The zero-order valence-corrected chi connectivity index (χ0v) is 8.18. The second kappa shape index (κ2) is 4.06. The van der Waals surface area contributed by atoms with E-state index >= 15 is 0 Å². The van der Waals surface area contributed by atoms with Gasteiger partial charge in [0, 0.05) is 17.3 Å². The third-order valence-corrected chi connectivity index (χ3v) is 2.12. The summed E-state index contributed by atoms with van der Waals surface area (Å²) in [6.07, 6.45) is 1.17. The van der Waals surface area contributed by atoms with Crippen molar-refractivity contribution in [3.63, 3.8) is 0 Å². The number of hydrogen-bond donors (Lipinski definition) is 1. The fourth-order valence-corrected chi connectivity index (χ4v) is 1.08. The lowest BCUT2D eigenvalue weighted by atomic mass is 10.1. The summed E-state index contributed by atoms with van der Waals surface area (Å²) in [6, 6.07) is 6.23. The number of nitrogens with two attached hydrogens (primary N) is 1. The minimum Gasteiger partial charge on any atom is -0.398 e. The van der Waals surface area contributed by atoms with E-state index in [9.17, 15) is 4.39 Å².